The van der Waals surface area contributed by atoms with E-state index in [-0.39, 0.29) is 32.6 Å². The third-order valence-electron chi connectivity index (χ3n) is 2.17. The molecule has 0 bridgehead atoms. The Bertz CT molecular complexity index is 321. The van der Waals surface area contributed by atoms with Gasteiger partial charge < -0.3 is 20.4 Å². The molecular formula is C10H16N2O8Ru. The van der Waals surface area contributed by atoms with Gasteiger partial charge in [0.05, 0.1) is 26.2 Å². The monoisotopic (exact) mass is 394 g/mol. The van der Waals surface area contributed by atoms with Gasteiger partial charge in [-0.1, -0.05) is 0 Å². The van der Waals surface area contributed by atoms with E-state index in [9.17, 15) is 19.2 Å². The standard InChI is InChI=1S/C10H16N2O8.Ru/c13-7(14)3-11(4-8(15)16)1-2-12(5-9(17)18)6-10(19)20;/h1-6H2,(H,13,14)(H,15,16)(H,17,18)(H,19,20);. The van der Waals surface area contributed by atoms with Crippen molar-refractivity contribution in [1.29, 1.82) is 0 Å². The number of hydrogen-bond acceptors (Lipinski definition) is 6. The van der Waals surface area contributed by atoms with Gasteiger partial charge in [0.1, 0.15) is 0 Å². The fourth-order valence-corrected chi connectivity index (χ4v) is 1.48. The predicted octanol–water partition coefficient (Wildman–Crippen LogP) is -2.07. The molecule has 4 N–H and O–H groups in total. The first-order valence-corrected chi connectivity index (χ1v) is 5.52. The maximum Gasteiger partial charge on any atom is 0.317 e. The van der Waals surface area contributed by atoms with Crippen LogP contribution in [0.3, 0.4) is 0 Å². The van der Waals surface area contributed by atoms with Crippen molar-refractivity contribution in [3.05, 3.63) is 0 Å². The number of rotatable bonds is 11. The van der Waals surface area contributed by atoms with Gasteiger partial charge in [-0.2, -0.15) is 0 Å². The summed E-state index contributed by atoms with van der Waals surface area (Å²) >= 11 is 0. The molecule has 0 aromatic carbocycles. The van der Waals surface area contributed by atoms with E-state index in [0.29, 0.717) is 0 Å². The second-order valence-corrected chi connectivity index (χ2v) is 4.00. The van der Waals surface area contributed by atoms with Gasteiger partial charge in [0.2, 0.25) is 0 Å². The molecule has 0 aliphatic heterocycles. The number of hydrogen-bond donors (Lipinski definition) is 4. The van der Waals surface area contributed by atoms with Gasteiger partial charge in [-0.25, -0.2) is 0 Å². The molecule has 0 unspecified atom stereocenters. The molecule has 0 saturated carbocycles. The van der Waals surface area contributed by atoms with E-state index in [1.165, 1.54) is 0 Å². The number of nitrogens with zero attached hydrogens (tertiary/aromatic N) is 2. The first kappa shape index (κ1) is 21.7. The molecule has 21 heavy (non-hydrogen) atoms. The van der Waals surface area contributed by atoms with Crippen LogP contribution in [-0.2, 0) is 38.7 Å². The minimum atomic E-state index is -1.23. The maximum atomic E-state index is 10.6. The second-order valence-electron chi connectivity index (χ2n) is 4.00. The van der Waals surface area contributed by atoms with Crippen LogP contribution >= 0.6 is 0 Å². The van der Waals surface area contributed by atoms with Crippen LogP contribution in [0.25, 0.3) is 0 Å². The molecule has 0 fully saturated rings. The van der Waals surface area contributed by atoms with Gasteiger partial charge in [0.15, 0.2) is 0 Å². The zero-order valence-corrected chi connectivity index (χ0v) is 12.7. The van der Waals surface area contributed by atoms with Gasteiger partial charge in [-0.05, 0) is 0 Å². The Morgan fingerprint density at radius 3 is 0.905 bits per heavy atom. The van der Waals surface area contributed by atoms with E-state index in [1.807, 2.05) is 0 Å². The fourth-order valence-electron chi connectivity index (χ4n) is 1.48. The summed E-state index contributed by atoms with van der Waals surface area (Å²) in [5.41, 5.74) is 0. The largest absolute Gasteiger partial charge is 0.480 e. The normalized spacial score (nSPS) is 10.2. The van der Waals surface area contributed by atoms with Gasteiger partial charge in [-0.15, -0.1) is 0 Å². The third kappa shape index (κ3) is 13.2. The van der Waals surface area contributed by atoms with Gasteiger partial charge >= 0.3 is 23.9 Å². The van der Waals surface area contributed by atoms with Crippen molar-refractivity contribution in [2.45, 2.75) is 0 Å². The van der Waals surface area contributed by atoms with Crippen LogP contribution in [0.1, 0.15) is 0 Å². The Balaban J connectivity index is 0. The zero-order chi connectivity index (χ0) is 15.7. The molecule has 10 nitrogen and oxygen atoms in total. The number of carboxylic acid groups (broad SMARTS) is 4. The number of carboxylic acids is 4. The Kier molecular flexibility index (Phi) is 11.5. The van der Waals surface area contributed by atoms with Crippen molar-refractivity contribution in [2.75, 3.05) is 39.3 Å². The van der Waals surface area contributed by atoms with Crippen LogP contribution in [0.15, 0.2) is 0 Å². The van der Waals surface area contributed by atoms with Crippen molar-refractivity contribution in [1.82, 2.24) is 9.80 Å². The van der Waals surface area contributed by atoms with Gasteiger partial charge in [0, 0.05) is 32.6 Å². The summed E-state index contributed by atoms with van der Waals surface area (Å²) in [6.07, 6.45) is 0. The molecule has 0 spiro atoms. The summed E-state index contributed by atoms with van der Waals surface area (Å²) in [6, 6.07) is 0. The molecule has 0 radical (unpaired) electrons. The summed E-state index contributed by atoms with van der Waals surface area (Å²) in [5.74, 6) is -4.91. The quantitative estimate of drug-likeness (QED) is 0.288. The van der Waals surface area contributed by atoms with E-state index in [4.69, 9.17) is 20.4 Å². The Morgan fingerprint density at radius 2 is 0.762 bits per heavy atom. The summed E-state index contributed by atoms with van der Waals surface area (Å²) in [5, 5.41) is 34.5. The van der Waals surface area contributed by atoms with E-state index >= 15 is 0 Å². The van der Waals surface area contributed by atoms with Crippen molar-refractivity contribution in [3.63, 3.8) is 0 Å². The zero-order valence-electron chi connectivity index (χ0n) is 10.9. The summed E-state index contributed by atoms with van der Waals surface area (Å²) in [6.45, 7) is -2.25. The van der Waals surface area contributed by atoms with Gasteiger partial charge in [-0.3, -0.25) is 29.0 Å². The van der Waals surface area contributed by atoms with Crippen LogP contribution in [0.4, 0.5) is 0 Å². The minimum absolute atomic E-state index is 0. The van der Waals surface area contributed by atoms with Crippen LogP contribution in [0, 0.1) is 0 Å². The van der Waals surface area contributed by atoms with Crippen LogP contribution in [0.2, 0.25) is 0 Å². The molecule has 0 aliphatic carbocycles. The molecule has 0 rings (SSSR count). The third-order valence-corrected chi connectivity index (χ3v) is 2.17. The van der Waals surface area contributed by atoms with E-state index in [1.54, 1.807) is 0 Å². The number of carbonyl (C=O) groups is 4. The molecule has 0 heterocycles. The molecule has 0 atom stereocenters. The molecule has 0 aromatic rings. The van der Waals surface area contributed by atoms with Gasteiger partial charge in [0.25, 0.3) is 0 Å². The maximum absolute atomic E-state index is 10.6. The summed E-state index contributed by atoms with van der Waals surface area (Å²) < 4.78 is 0. The smallest absolute Gasteiger partial charge is 0.317 e. The molecular weight excluding hydrogens is 377 g/mol. The molecule has 0 saturated heterocycles. The molecule has 0 aromatic heterocycles. The summed E-state index contributed by atoms with van der Waals surface area (Å²) in [7, 11) is 0. The Morgan fingerprint density at radius 1 is 0.571 bits per heavy atom. The van der Waals surface area contributed by atoms with Crippen LogP contribution in [0.5, 0.6) is 0 Å². The predicted molar refractivity (Wildman–Crippen MR) is 63.4 cm³/mol. The summed E-state index contributed by atoms with van der Waals surface area (Å²) in [4.78, 5) is 44.4. The van der Waals surface area contributed by atoms with E-state index < -0.39 is 50.1 Å². The van der Waals surface area contributed by atoms with E-state index in [2.05, 4.69) is 0 Å². The minimum Gasteiger partial charge on any atom is -0.480 e. The molecule has 0 amide bonds. The van der Waals surface area contributed by atoms with E-state index in [0.717, 1.165) is 9.80 Å². The van der Waals surface area contributed by atoms with Crippen LogP contribution in [-0.4, -0.2) is 93.4 Å². The Labute approximate surface area is 132 Å². The van der Waals surface area contributed by atoms with Crippen molar-refractivity contribution >= 4 is 23.9 Å². The average molecular weight is 393 g/mol. The SMILES string of the molecule is O=C(O)CN(CCN(CC(=O)O)CC(=O)O)CC(=O)O.[Ru]. The average Bonchev–Trinajstić information content (AvgIpc) is 2.22. The molecule has 11 heteroatoms. The Hall–Kier alpha value is -1.58. The molecule has 122 valence electrons. The van der Waals surface area contributed by atoms with Crippen molar-refractivity contribution in [2.24, 2.45) is 0 Å². The van der Waals surface area contributed by atoms with Crippen molar-refractivity contribution < 1.29 is 59.1 Å². The number of aliphatic carboxylic acids is 4. The van der Waals surface area contributed by atoms with Crippen LogP contribution < -0.4 is 0 Å². The topological polar surface area (TPSA) is 156 Å². The fraction of sp³-hybridized carbons (Fsp3) is 0.600. The molecule has 0 aliphatic rings. The first-order chi connectivity index (χ1) is 9.20. The first-order valence-electron chi connectivity index (χ1n) is 5.52. The van der Waals surface area contributed by atoms with Crippen molar-refractivity contribution in [3.8, 4) is 0 Å². The second kappa shape index (κ2) is 11.1.